The summed E-state index contributed by atoms with van der Waals surface area (Å²) in [5.41, 5.74) is 0.926. The Morgan fingerprint density at radius 2 is 2.11 bits per heavy atom. The Labute approximate surface area is 112 Å². The Morgan fingerprint density at radius 1 is 1.42 bits per heavy atom. The second-order valence-corrected chi connectivity index (χ2v) is 5.42. The molecule has 0 aliphatic carbocycles. The second-order valence-electron chi connectivity index (χ2n) is 3.92. The van der Waals surface area contributed by atoms with Gasteiger partial charge < -0.3 is 9.72 Å². The molecule has 3 N–H and O–H groups in total. The fourth-order valence-electron chi connectivity index (χ4n) is 1.49. The van der Waals surface area contributed by atoms with Crippen LogP contribution < -0.4 is 9.44 Å². The van der Waals surface area contributed by atoms with Crippen molar-refractivity contribution in [2.75, 3.05) is 17.9 Å². The molecule has 0 spiro atoms. The van der Waals surface area contributed by atoms with Crippen LogP contribution in [0.15, 0.2) is 6.20 Å². The van der Waals surface area contributed by atoms with Gasteiger partial charge in [0.15, 0.2) is 0 Å². The van der Waals surface area contributed by atoms with Crippen LogP contribution in [0.25, 0.3) is 0 Å². The van der Waals surface area contributed by atoms with Crippen LogP contribution in [0.2, 0.25) is 0 Å². The molecule has 8 heteroatoms. The molecule has 0 bridgehead atoms. The number of H-pyrrole nitrogens is 1. The molecule has 0 radical (unpaired) electrons. The third-order valence-corrected chi connectivity index (χ3v) is 3.42. The molecular formula is C11H19N3O4S. The molecule has 1 aromatic rings. The maximum atomic E-state index is 11.7. The van der Waals surface area contributed by atoms with Crippen LogP contribution >= 0.6 is 0 Å². The van der Waals surface area contributed by atoms with E-state index in [2.05, 4.69) is 14.4 Å². The normalized spacial score (nSPS) is 11.3. The first kappa shape index (κ1) is 15.5. The van der Waals surface area contributed by atoms with E-state index in [-0.39, 0.29) is 17.9 Å². The van der Waals surface area contributed by atoms with E-state index in [4.69, 9.17) is 4.74 Å². The van der Waals surface area contributed by atoms with Gasteiger partial charge in [-0.1, -0.05) is 6.92 Å². The average molecular weight is 289 g/mol. The van der Waals surface area contributed by atoms with E-state index in [0.29, 0.717) is 18.7 Å². The lowest BCUT2D eigenvalue weighted by atomic mass is 10.2. The number of aromatic amines is 1. The lowest BCUT2D eigenvalue weighted by Crippen LogP contribution is -2.31. The van der Waals surface area contributed by atoms with Crippen molar-refractivity contribution in [2.45, 2.75) is 27.2 Å². The Balaban J connectivity index is 2.93. The van der Waals surface area contributed by atoms with E-state index in [1.165, 1.54) is 6.20 Å². The van der Waals surface area contributed by atoms with Crippen LogP contribution in [-0.4, -0.2) is 32.5 Å². The van der Waals surface area contributed by atoms with E-state index in [1.54, 1.807) is 13.8 Å². The predicted molar refractivity (Wildman–Crippen MR) is 72.3 cm³/mol. The number of anilines is 1. The van der Waals surface area contributed by atoms with Gasteiger partial charge in [0.25, 0.3) is 10.2 Å². The van der Waals surface area contributed by atoms with Crippen LogP contribution in [0.5, 0.6) is 0 Å². The van der Waals surface area contributed by atoms with Crippen LogP contribution in [-0.2, 0) is 14.9 Å². The number of rotatable bonds is 7. The molecule has 0 aliphatic rings. The Hall–Kier alpha value is -1.54. The van der Waals surface area contributed by atoms with Gasteiger partial charge in [-0.25, -0.2) is 4.79 Å². The summed E-state index contributed by atoms with van der Waals surface area (Å²) in [5, 5.41) is 0. The van der Waals surface area contributed by atoms with Gasteiger partial charge in [-0.15, -0.1) is 0 Å². The van der Waals surface area contributed by atoms with Crippen molar-refractivity contribution in [1.82, 2.24) is 9.71 Å². The highest BCUT2D eigenvalue weighted by molar-refractivity contribution is 7.90. The van der Waals surface area contributed by atoms with Crippen molar-refractivity contribution in [3.8, 4) is 0 Å². The lowest BCUT2D eigenvalue weighted by Gasteiger charge is -2.09. The highest BCUT2D eigenvalue weighted by atomic mass is 32.2. The van der Waals surface area contributed by atoms with E-state index in [9.17, 15) is 13.2 Å². The fourth-order valence-corrected chi connectivity index (χ4v) is 2.49. The van der Waals surface area contributed by atoms with Gasteiger partial charge >= 0.3 is 5.97 Å². The summed E-state index contributed by atoms with van der Waals surface area (Å²) < 4.78 is 33.0. The van der Waals surface area contributed by atoms with Crippen LogP contribution in [0.4, 0.5) is 5.69 Å². The van der Waals surface area contributed by atoms with Crippen LogP contribution in [0.1, 0.15) is 36.3 Å². The molecule has 108 valence electrons. The summed E-state index contributed by atoms with van der Waals surface area (Å²) in [5.74, 6) is -0.561. The SMILES string of the molecule is CCCNS(=O)(=O)Nc1c[nH]c(C)c1C(=O)OCC. The minimum Gasteiger partial charge on any atom is -0.462 e. The maximum Gasteiger partial charge on any atom is 0.342 e. The number of carbonyl (C=O) groups is 1. The van der Waals surface area contributed by atoms with E-state index >= 15 is 0 Å². The van der Waals surface area contributed by atoms with Gasteiger partial charge in [-0.05, 0) is 20.3 Å². The number of aromatic nitrogens is 1. The molecule has 1 rings (SSSR count). The standard InChI is InChI=1S/C11H19N3O4S/c1-4-6-13-19(16,17)14-9-7-12-8(3)10(9)11(15)18-5-2/h7,12-14H,4-6H2,1-3H3. The number of hydrogen-bond donors (Lipinski definition) is 3. The first-order valence-electron chi connectivity index (χ1n) is 6.03. The van der Waals surface area contributed by atoms with E-state index < -0.39 is 16.2 Å². The van der Waals surface area contributed by atoms with Gasteiger partial charge in [0, 0.05) is 18.4 Å². The van der Waals surface area contributed by atoms with Gasteiger partial charge in [-0.2, -0.15) is 13.1 Å². The number of aryl methyl sites for hydroxylation is 1. The smallest absolute Gasteiger partial charge is 0.342 e. The average Bonchev–Trinajstić information content (AvgIpc) is 2.67. The van der Waals surface area contributed by atoms with Crippen molar-refractivity contribution in [3.05, 3.63) is 17.5 Å². The van der Waals surface area contributed by atoms with Crippen molar-refractivity contribution < 1.29 is 17.9 Å². The third-order valence-electron chi connectivity index (χ3n) is 2.34. The molecule has 0 unspecified atom stereocenters. The van der Waals surface area contributed by atoms with Gasteiger partial charge in [-0.3, -0.25) is 4.72 Å². The largest absolute Gasteiger partial charge is 0.462 e. The van der Waals surface area contributed by atoms with Gasteiger partial charge in [0.2, 0.25) is 0 Å². The van der Waals surface area contributed by atoms with Crippen molar-refractivity contribution in [2.24, 2.45) is 0 Å². The van der Waals surface area contributed by atoms with Crippen molar-refractivity contribution in [3.63, 3.8) is 0 Å². The molecule has 7 nitrogen and oxygen atoms in total. The summed E-state index contributed by atoms with van der Waals surface area (Å²) in [6.45, 7) is 5.76. The summed E-state index contributed by atoms with van der Waals surface area (Å²) in [6.07, 6.45) is 2.10. The molecule has 0 saturated carbocycles. The molecular weight excluding hydrogens is 270 g/mol. The van der Waals surface area contributed by atoms with Crippen LogP contribution in [0, 0.1) is 6.92 Å². The molecule has 0 aromatic carbocycles. The molecule has 0 amide bonds. The summed E-state index contributed by atoms with van der Waals surface area (Å²) in [7, 11) is -3.68. The van der Waals surface area contributed by atoms with Crippen LogP contribution in [0.3, 0.4) is 0 Å². The minimum absolute atomic E-state index is 0.180. The topological polar surface area (TPSA) is 100 Å². The third kappa shape index (κ3) is 4.25. The molecule has 19 heavy (non-hydrogen) atoms. The minimum atomic E-state index is -3.68. The Bertz CT molecular complexity index is 536. The number of hydrogen-bond acceptors (Lipinski definition) is 4. The quantitative estimate of drug-likeness (QED) is 0.656. The highest BCUT2D eigenvalue weighted by Gasteiger charge is 2.20. The number of carbonyl (C=O) groups excluding carboxylic acids is 1. The lowest BCUT2D eigenvalue weighted by molar-refractivity contribution is 0.0527. The Kier molecular flexibility index (Phi) is 5.37. The zero-order chi connectivity index (χ0) is 14.5. The number of nitrogens with one attached hydrogen (secondary N) is 3. The first-order chi connectivity index (χ1) is 8.91. The maximum absolute atomic E-state index is 11.7. The number of esters is 1. The monoisotopic (exact) mass is 289 g/mol. The molecule has 0 saturated heterocycles. The molecule has 1 aromatic heterocycles. The van der Waals surface area contributed by atoms with E-state index in [0.717, 1.165) is 0 Å². The van der Waals surface area contributed by atoms with Gasteiger partial charge in [0.05, 0.1) is 12.3 Å². The highest BCUT2D eigenvalue weighted by Crippen LogP contribution is 2.21. The molecule has 0 fully saturated rings. The predicted octanol–water partition coefficient (Wildman–Crippen LogP) is 1.16. The summed E-state index contributed by atoms with van der Waals surface area (Å²) in [4.78, 5) is 14.5. The van der Waals surface area contributed by atoms with E-state index in [1.807, 2.05) is 6.92 Å². The summed E-state index contributed by atoms with van der Waals surface area (Å²) >= 11 is 0. The molecule has 0 atom stereocenters. The molecule has 0 aliphatic heterocycles. The van der Waals surface area contributed by atoms with Gasteiger partial charge in [0.1, 0.15) is 5.56 Å². The second kappa shape index (κ2) is 6.58. The zero-order valence-electron chi connectivity index (χ0n) is 11.2. The Morgan fingerprint density at radius 3 is 2.68 bits per heavy atom. The van der Waals surface area contributed by atoms with Crippen molar-refractivity contribution >= 4 is 21.9 Å². The zero-order valence-corrected chi connectivity index (χ0v) is 12.1. The summed E-state index contributed by atoms with van der Waals surface area (Å²) in [6, 6.07) is 0. The van der Waals surface area contributed by atoms with Crippen molar-refractivity contribution in [1.29, 1.82) is 0 Å². The molecule has 1 heterocycles. The first-order valence-corrected chi connectivity index (χ1v) is 7.52. The fraction of sp³-hybridized carbons (Fsp3) is 0.545. The number of ether oxygens (including phenoxy) is 1.